The lowest BCUT2D eigenvalue weighted by Gasteiger charge is -2.47. The Balaban J connectivity index is 1.64. The summed E-state index contributed by atoms with van der Waals surface area (Å²) in [4.78, 5) is 28.2. The lowest BCUT2D eigenvalue weighted by Crippen LogP contribution is -2.64. The van der Waals surface area contributed by atoms with Crippen LogP contribution in [0, 0.1) is 13.8 Å². The fourth-order valence-corrected chi connectivity index (χ4v) is 3.21. The number of carbonyl (C=O) groups excluding carboxylic acids is 2. The molecule has 10 nitrogen and oxygen atoms in total. The largest absolute Gasteiger partial charge is 0.372 e. The second kappa shape index (κ2) is 8.24. The third-order valence-electron chi connectivity index (χ3n) is 4.65. The van der Waals surface area contributed by atoms with Crippen molar-refractivity contribution >= 4 is 17.6 Å². The number of hydrogen-bond donors (Lipinski definition) is 1. The highest BCUT2D eigenvalue weighted by Crippen LogP contribution is 2.26. The van der Waals surface area contributed by atoms with Crippen molar-refractivity contribution in [2.24, 2.45) is 0 Å². The summed E-state index contributed by atoms with van der Waals surface area (Å²) in [6.45, 7) is 7.90. The van der Waals surface area contributed by atoms with Crippen LogP contribution >= 0.6 is 0 Å². The molecular formula is C17H26N4O6. The summed E-state index contributed by atoms with van der Waals surface area (Å²) >= 11 is 0. The van der Waals surface area contributed by atoms with Gasteiger partial charge >= 0.3 is 6.03 Å². The van der Waals surface area contributed by atoms with Crippen molar-refractivity contribution in [1.29, 1.82) is 0 Å². The quantitative estimate of drug-likeness (QED) is 0.819. The molecule has 27 heavy (non-hydrogen) atoms. The monoisotopic (exact) mass is 382 g/mol. The van der Waals surface area contributed by atoms with E-state index in [9.17, 15) is 9.59 Å². The van der Waals surface area contributed by atoms with Crippen LogP contribution in [0.1, 0.15) is 18.4 Å². The van der Waals surface area contributed by atoms with Crippen molar-refractivity contribution in [3.05, 3.63) is 11.5 Å². The predicted octanol–water partition coefficient (Wildman–Crippen LogP) is 0.747. The molecule has 10 heteroatoms. The van der Waals surface area contributed by atoms with E-state index in [1.165, 1.54) is 0 Å². The van der Waals surface area contributed by atoms with Gasteiger partial charge in [0.2, 0.25) is 11.7 Å². The molecule has 0 bridgehead atoms. The minimum atomic E-state index is -1.02. The van der Waals surface area contributed by atoms with Gasteiger partial charge in [0.05, 0.1) is 26.3 Å². The first-order chi connectivity index (χ1) is 12.9. The first kappa shape index (κ1) is 19.6. The number of ether oxygens (including phenoxy) is 3. The number of nitrogens with zero attached hydrogens (tertiary/aromatic N) is 3. The van der Waals surface area contributed by atoms with Crippen LogP contribution in [0.15, 0.2) is 4.52 Å². The number of morpholine rings is 2. The number of anilines is 1. The van der Waals surface area contributed by atoms with Gasteiger partial charge in [0.1, 0.15) is 18.0 Å². The zero-order chi connectivity index (χ0) is 19.4. The minimum absolute atomic E-state index is 0.0306. The fourth-order valence-electron chi connectivity index (χ4n) is 3.21. The van der Waals surface area contributed by atoms with Gasteiger partial charge in [-0.15, -0.1) is 0 Å². The number of hydrogen-bond acceptors (Lipinski definition) is 7. The Morgan fingerprint density at radius 1 is 1.19 bits per heavy atom. The summed E-state index contributed by atoms with van der Waals surface area (Å²) in [7, 11) is 0. The normalized spacial score (nSPS) is 22.9. The van der Waals surface area contributed by atoms with E-state index in [-0.39, 0.29) is 31.6 Å². The molecule has 1 atom stereocenters. The Kier molecular flexibility index (Phi) is 5.98. The van der Waals surface area contributed by atoms with Crippen LogP contribution in [0.4, 0.5) is 10.5 Å². The molecule has 2 fully saturated rings. The molecule has 0 aliphatic carbocycles. The number of nitrogens with one attached hydrogen (secondary N) is 1. The van der Waals surface area contributed by atoms with Crippen LogP contribution in [0.3, 0.4) is 0 Å². The summed E-state index contributed by atoms with van der Waals surface area (Å²) in [5.41, 5.74) is 1.18. The smallest absolute Gasteiger partial charge is 0.322 e. The molecule has 1 unspecified atom stereocenters. The van der Waals surface area contributed by atoms with E-state index in [1.54, 1.807) is 23.6 Å². The maximum Gasteiger partial charge on any atom is 0.322 e. The molecule has 150 valence electrons. The highest BCUT2D eigenvalue weighted by atomic mass is 16.7. The lowest BCUT2D eigenvalue weighted by atomic mass is 10.1. The molecule has 3 heterocycles. The zero-order valence-electron chi connectivity index (χ0n) is 15.9. The van der Waals surface area contributed by atoms with Gasteiger partial charge in [-0.3, -0.25) is 4.79 Å². The van der Waals surface area contributed by atoms with Crippen LogP contribution in [0.25, 0.3) is 0 Å². The molecular weight excluding hydrogens is 356 g/mol. The Labute approximate surface area is 157 Å². The molecule has 0 aromatic carbocycles. The number of urea groups is 1. The maximum absolute atomic E-state index is 12.7. The number of aromatic nitrogens is 1. The van der Waals surface area contributed by atoms with Crippen LogP contribution < -0.4 is 5.32 Å². The van der Waals surface area contributed by atoms with Gasteiger partial charge in [-0.25, -0.2) is 4.79 Å². The van der Waals surface area contributed by atoms with Gasteiger partial charge in [0.25, 0.3) is 0 Å². The summed E-state index contributed by atoms with van der Waals surface area (Å²) in [5, 5.41) is 6.67. The van der Waals surface area contributed by atoms with Crippen molar-refractivity contribution < 1.29 is 28.3 Å². The number of carbonyl (C=O) groups is 2. The second-order valence-electron chi connectivity index (χ2n) is 6.61. The minimum Gasteiger partial charge on any atom is -0.372 e. The van der Waals surface area contributed by atoms with E-state index in [2.05, 4.69) is 10.5 Å². The van der Waals surface area contributed by atoms with Crippen LogP contribution in [0.5, 0.6) is 0 Å². The molecule has 0 saturated carbocycles. The first-order valence-electron chi connectivity index (χ1n) is 9.06. The molecule has 1 N–H and O–H groups in total. The van der Waals surface area contributed by atoms with Gasteiger partial charge in [0, 0.05) is 19.7 Å². The Morgan fingerprint density at radius 3 is 2.48 bits per heavy atom. The van der Waals surface area contributed by atoms with Gasteiger partial charge in [-0.05, 0) is 20.8 Å². The molecule has 2 aliphatic heterocycles. The molecule has 2 saturated heterocycles. The lowest BCUT2D eigenvalue weighted by molar-refractivity contribution is -0.284. The molecule has 0 radical (unpaired) electrons. The number of rotatable bonds is 4. The van der Waals surface area contributed by atoms with E-state index in [0.717, 1.165) is 0 Å². The summed E-state index contributed by atoms with van der Waals surface area (Å²) in [6.07, 6.45) is 0. The summed E-state index contributed by atoms with van der Waals surface area (Å²) in [5.74, 6) is -0.583. The fraction of sp³-hybridized carbons (Fsp3) is 0.706. The van der Waals surface area contributed by atoms with Gasteiger partial charge in [-0.1, -0.05) is 5.16 Å². The number of amides is 3. The molecule has 1 aromatic heterocycles. The van der Waals surface area contributed by atoms with E-state index in [0.29, 0.717) is 50.1 Å². The van der Waals surface area contributed by atoms with E-state index < -0.39 is 5.79 Å². The third-order valence-corrected chi connectivity index (χ3v) is 4.65. The predicted molar refractivity (Wildman–Crippen MR) is 94.3 cm³/mol. The summed E-state index contributed by atoms with van der Waals surface area (Å²) in [6, 6.07) is -0.284. The topological polar surface area (TPSA) is 106 Å². The Bertz CT molecular complexity index is 669. The average Bonchev–Trinajstić information content (AvgIpc) is 2.98. The van der Waals surface area contributed by atoms with Crippen molar-refractivity contribution in [2.45, 2.75) is 26.6 Å². The van der Waals surface area contributed by atoms with E-state index >= 15 is 0 Å². The zero-order valence-corrected chi connectivity index (χ0v) is 15.9. The SMILES string of the molecule is CCOCC(=O)N1CCOC2(C1)CN(C(=O)Nc1c(C)noc1C)CCO2. The third kappa shape index (κ3) is 4.40. The van der Waals surface area contributed by atoms with E-state index in [4.69, 9.17) is 18.7 Å². The molecule has 1 aromatic rings. The van der Waals surface area contributed by atoms with Crippen molar-refractivity contribution in [3.8, 4) is 0 Å². The second-order valence-corrected chi connectivity index (χ2v) is 6.61. The van der Waals surface area contributed by atoms with Crippen molar-refractivity contribution in [2.75, 3.05) is 57.9 Å². The standard InChI is InChI=1S/C17H26N4O6/c1-4-24-9-14(22)20-5-7-25-17(10-20)11-21(6-8-26-17)16(23)18-15-12(2)19-27-13(15)3/h4-11H2,1-3H3,(H,18,23). The number of aryl methyl sites for hydroxylation is 2. The highest BCUT2D eigenvalue weighted by Gasteiger charge is 2.44. The molecule has 3 amide bonds. The van der Waals surface area contributed by atoms with Gasteiger partial charge < -0.3 is 33.9 Å². The Hall–Kier alpha value is -2.17. The van der Waals surface area contributed by atoms with Crippen molar-refractivity contribution in [3.63, 3.8) is 0 Å². The Morgan fingerprint density at radius 2 is 1.85 bits per heavy atom. The van der Waals surface area contributed by atoms with E-state index in [1.807, 2.05) is 6.92 Å². The van der Waals surface area contributed by atoms with Crippen LogP contribution in [0.2, 0.25) is 0 Å². The van der Waals surface area contributed by atoms with Gasteiger partial charge in [0.15, 0.2) is 5.76 Å². The van der Waals surface area contributed by atoms with Crippen LogP contribution in [-0.4, -0.2) is 85.3 Å². The molecule has 3 rings (SSSR count). The maximum atomic E-state index is 12.7. The first-order valence-corrected chi connectivity index (χ1v) is 9.06. The molecule has 2 aliphatic rings. The molecule has 1 spiro atoms. The summed E-state index contributed by atoms with van der Waals surface area (Å²) < 4.78 is 22.0. The highest BCUT2D eigenvalue weighted by molar-refractivity contribution is 5.90. The average molecular weight is 382 g/mol. The van der Waals surface area contributed by atoms with Gasteiger partial charge in [-0.2, -0.15) is 0 Å². The van der Waals surface area contributed by atoms with Crippen LogP contribution in [-0.2, 0) is 19.0 Å². The van der Waals surface area contributed by atoms with Crippen molar-refractivity contribution in [1.82, 2.24) is 15.0 Å².